The molecule has 0 fully saturated rings. The number of aromatic nitrogens is 1. The van der Waals surface area contributed by atoms with Crippen molar-refractivity contribution in [2.24, 2.45) is 5.41 Å². The summed E-state index contributed by atoms with van der Waals surface area (Å²) in [5, 5.41) is 22.5. The Kier molecular flexibility index (Phi) is 4.66. The number of carboxylic acids is 1. The Balaban J connectivity index is 2.84. The summed E-state index contributed by atoms with van der Waals surface area (Å²) in [4.78, 5) is 24.9. The third-order valence-corrected chi connectivity index (χ3v) is 3.27. The molecule has 0 aliphatic heterocycles. The highest BCUT2D eigenvalue weighted by atomic mass is 35.5. The third kappa shape index (κ3) is 3.54. The topological polar surface area (TPSA) is 105 Å². The van der Waals surface area contributed by atoms with Crippen LogP contribution < -0.4 is 5.32 Å². The van der Waals surface area contributed by atoms with Gasteiger partial charge in [-0.2, -0.15) is 0 Å². The molecule has 1 unspecified atom stereocenters. The second-order valence-electron chi connectivity index (χ2n) is 4.35. The molecule has 0 radical (unpaired) electrons. The average molecular weight is 288 g/mol. The molecule has 0 aliphatic rings. The first-order valence-corrected chi connectivity index (χ1v) is 5.95. The number of hydrogen-bond donors (Lipinski definition) is 2. The van der Waals surface area contributed by atoms with Gasteiger partial charge in [0, 0.05) is 12.6 Å². The lowest BCUT2D eigenvalue weighted by molar-refractivity contribution is -0.385. The first-order chi connectivity index (χ1) is 8.80. The van der Waals surface area contributed by atoms with E-state index in [0.29, 0.717) is 6.42 Å². The molecule has 8 heteroatoms. The number of nitrogens with zero attached hydrogens (tertiary/aromatic N) is 2. The summed E-state index contributed by atoms with van der Waals surface area (Å²) in [5.74, 6) is -0.700. The SMILES string of the molecule is CCC(C)(CNc1ncc([N+](=O)[O-])cc1Cl)C(=O)O. The Morgan fingerprint density at radius 3 is 2.74 bits per heavy atom. The summed E-state index contributed by atoms with van der Waals surface area (Å²) in [6.45, 7) is 3.49. The molecule has 1 aromatic rings. The minimum Gasteiger partial charge on any atom is -0.481 e. The van der Waals surface area contributed by atoms with Gasteiger partial charge in [0.2, 0.25) is 0 Å². The molecule has 7 nitrogen and oxygen atoms in total. The van der Waals surface area contributed by atoms with Gasteiger partial charge in [0.15, 0.2) is 0 Å². The molecule has 0 aromatic carbocycles. The second-order valence-corrected chi connectivity index (χ2v) is 4.76. The number of nitrogens with one attached hydrogen (secondary N) is 1. The molecule has 1 rings (SSSR count). The summed E-state index contributed by atoms with van der Waals surface area (Å²) in [7, 11) is 0. The van der Waals surface area contributed by atoms with Crippen LogP contribution in [0.3, 0.4) is 0 Å². The van der Waals surface area contributed by atoms with E-state index in [1.165, 1.54) is 6.07 Å². The smallest absolute Gasteiger partial charge is 0.311 e. The molecule has 0 saturated heterocycles. The van der Waals surface area contributed by atoms with E-state index in [4.69, 9.17) is 16.7 Å². The van der Waals surface area contributed by atoms with Crippen molar-refractivity contribution in [3.63, 3.8) is 0 Å². The van der Waals surface area contributed by atoms with Gasteiger partial charge in [-0.3, -0.25) is 14.9 Å². The lowest BCUT2D eigenvalue weighted by atomic mass is 9.88. The van der Waals surface area contributed by atoms with Crippen LogP contribution in [0.5, 0.6) is 0 Å². The molecule has 0 bridgehead atoms. The Labute approximate surface area is 114 Å². The van der Waals surface area contributed by atoms with Gasteiger partial charge in [0.05, 0.1) is 15.4 Å². The van der Waals surface area contributed by atoms with Gasteiger partial charge in [0.1, 0.15) is 12.0 Å². The number of rotatable bonds is 6. The maximum Gasteiger partial charge on any atom is 0.311 e. The summed E-state index contributed by atoms with van der Waals surface area (Å²) in [5.41, 5.74) is -1.17. The lowest BCUT2D eigenvalue weighted by Gasteiger charge is -2.23. The molecule has 0 aliphatic carbocycles. The Morgan fingerprint density at radius 2 is 2.32 bits per heavy atom. The van der Waals surface area contributed by atoms with Gasteiger partial charge < -0.3 is 10.4 Å². The fourth-order valence-electron chi connectivity index (χ4n) is 1.29. The fraction of sp³-hybridized carbons (Fsp3) is 0.455. The van der Waals surface area contributed by atoms with Crippen LogP contribution in [0.15, 0.2) is 12.3 Å². The monoisotopic (exact) mass is 287 g/mol. The van der Waals surface area contributed by atoms with Crippen molar-refractivity contribution in [3.05, 3.63) is 27.4 Å². The highest BCUT2D eigenvalue weighted by molar-refractivity contribution is 6.33. The molecule has 1 heterocycles. The van der Waals surface area contributed by atoms with Crippen molar-refractivity contribution in [2.45, 2.75) is 20.3 Å². The minimum atomic E-state index is -0.952. The Morgan fingerprint density at radius 1 is 1.68 bits per heavy atom. The Hall–Kier alpha value is -1.89. The zero-order valence-electron chi connectivity index (χ0n) is 10.5. The first kappa shape index (κ1) is 15.2. The van der Waals surface area contributed by atoms with Crippen molar-refractivity contribution < 1.29 is 14.8 Å². The van der Waals surface area contributed by atoms with Crippen molar-refractivity contribution in [2.75, 3.05) is 11.9 Å². The van der Waals surface area contributed by atoms with E-state index in [1.54, 1.807) is 13.8 Å². The van der Waals surface area contributed by atoms with Crippen LogP contribution in [0, 0.1) is 15.5 Å². The van der Waals surface area contributed by atoms with Gasteiger partial charge in [-0.25, -0.2) is 4.98 Å². The quantitative estimate of drug-likeness (QED) is 0.615. The number of hydrogen-bond acceptors (Lipinski definition) is 5. The predicted molar refractivity (Wildman–Crippen MR) is 70.4 cm³/mol. The second kappa shape index (κ2) is 5.83. The van der Waals surface area contributed by atoms with Gasteiger partial charge in [0.25, 0.3) is 5.69 Å². The van der Waals surface area contributed by atoms with Crippen LogP contribution in [0.25, 0.3) is 0 Å². The van der Waals surface area contributed by atoms with Crippen molar-refractivity contribution in [3.8, 4) is 0 Å². The van der Waals surface area contributed by atoms with Crippen LogP contribution >= 0.6 is 11.6 Å². The molecule has 104 valence electrons. The number of carboxylic acid groups (broad SMARTS) is 1. The number of aliphatic carboxylic acids is 1. The lowest BCUT2D eigenvalue weighted by Crippen LogP contribution is -2.34. The molecule has 0 saturated carbocycles. The average Bonchev–Trinajstić information content (AvgIpc) is 2.36. The normalized spacial score (nSPS) is 13.6. The van der Waals surface area contributed by atoms with Gasteiger partial charge in [-0.15, -0.1) is 0 Å². The minimum absolute atomic E-state index is 0.0815. The summed E-state index contributed by atoms with van der Waals surface area (Å²) in [6, 6.07) is 1.17. The van der Waals surface area contributed by atoms with Crippen molar-refractivity contribution >= 4 is 29.1 Å². The number of carbonyl (C=O) groups is 1. The van der Waals surface area contributed by atoms with E-state index in [9.17, 15) is 14.9 Å². The third-order valence-electron chi connectivity index (χ3n) is 2.98. The predicted octanol–water partition coefficient (Wildman–Crippen LogP) is 2.56. The van der Waals surface area contributed by atoms with Crippen molar-refractivity contribution in [1.29, 1.82) is 0 Å². The maximum absolute atomic E-state index is 11.1. The zero-order chi connectivity index (χ0) is 14.6. The number of anilines is 1. The van der Waals surface area contributed by atoms with Crippen LogP contribution in [0.2, 0.25) is 5.02 Å². The summed E-state index contributed by atoms with van der Waals surface area (Å²) in [6.07, 6.45) is 1.50. The molecule has 0 amide bonds. The summed E-state index contributed by atoms with van der Waals surface area (Å²) < 4.78 is 0. The molecular formula is C11H14ClN3O4. The van der Waals surface area contributed by atoms with Crippen LogP contribution in [-0.2, 0) is 4.79 Å². The number of halogens is 1. The van der Waals surface area contributed by atoms with Crippen LogP contribution in [0.4, 0.5) is 11.5 Å². The fourth-order valence-corrected chi connectivity index (χ4v) is 1.52. The highest BCUT2D eigenvalue weighted by Gasteiger charge is 2.31. The van der Waals surface area contributed by atoms with E-state index in [2.05, 4.69) is 10.3 Å². The standard InChI is InChI=1S/C11H14ClN3O4/c1-3-11(2,10(16)17)6-14-9-8(12)4-7(5-13-9)15(18)19/h4-5H,3,6H2,1-2H3,(H,13,14)(H,16,17). The van der Waals surface area contributed by atoms with E-state index in [1.807, 2.05) is 0 Å². The highest BCUT2D eigenvalue weighted by Crippen LogP contribution is 2.27. The molecule has 2 N–H and O–H groups in total. The van der Waals surface area contributed by atoms with E-state index >= 15 is 0 Å². The van der Waals surface area contributed by atoms with E-state index < -0.39 is 16.3 Å². The molecular weight excluding hydrogens is 274 g/mol. The largest absolute Gasteiger partial charge is 0.481 e. The number of pyridine rings is 1. The summed E-state index contributed by atoms with van der Waals surface area (Å²) >= 11 is 5.85. The molecule has 19 heavy (non-hydrogen) atoms. The number of nitro groups is 1. The maximum atomic E-state index is 11.1. The van der Waals surface area contributed by atoms with E-state index in [-0.39, 0.29) is 23.1 Å². The van der Waals surface area contributed by atoms with Crippen LogP contribution in [-0.4, -0.2) is 27.5 Å². The first-order valence-electron chi connectivity index (χ1n) is 5.57. The van der Waals surface area contributed by atoms with Gasteiger partial charge in [-0.05, 0) is 13.3 Å². The Bertz CT molecular complexity index is 509. The van der Waals surface area contributed by atoms with E-state index in [0.717, 1.165) is 6.20 Å². The molecule has 1 aromatic heterocycles. The zero-order valence-corrected chi connectivity index (χ0v) is 11.3. The molecule has 0 spiro atoms. The van der Waals surface area contributed by atoms with Gasteiger partial charge in [-0.1, -0.05) is 18.5 Å². The molecule has 1 atom stereocenters. The van der Waals surface area contributed by atoms with Crippen LogP contribution in [0.1, 0.15) is 20.3 Å². The van der Waals surface area contributed by atoms with Gasteiger partial charge >= 0.3 is 5.97 Å². The van der Waals surface area contributed by atoms with Crippen molar-refractivity contribution in [1.82, 2.24) is 4.98 Å².